The topological polar surface area (TPSA) is 83.5 Å². The van der Waals surface area contributed by atoms with Gasteiger partial charge < -0.3 is 5.11 Å². The first kappa shape index (κ1) is 14.7. The molecule has 0 aliphatic carbocycles. The SMILES string of the molecule is CC(CS(=O)(=O)NCCC(=O)O)c1ccccc1. The van der Waals surface area contributed by atoms with Gasteiger partial charge in [-0.25, -0.2) is 13.1 Å². The Balaban J connectivity index is 2.53. The van der Waals surface area contributed by atoms with Crippen molar-refractivity contribution < 1.29 is 18.3 Å². The maximum absolute atomic E-state index is 11.7. The molecule has 0 saturated carbocycles. The van der Waals surface area contributed by atoms with E-state index in [4.69, 9.17) is 5.11 Å². The normalized spacial score (nSPS) is 13.2. The van der Waals surface area contributed by atoms with Gasteiger partial charge >= 0.3 is 5.97 Å². The van der Waals surface area contributed by atoms with E-state index in [1.807, 2.05) is 37.3 Å². The van der Waals surface area contributed by atoms with Crippen LogP contribution in [0.15, 0.2) is 30.3 Å². The number of carboxylic acids is 1. The fourth-order valence-corrected chi connectivity index (χ4v) is 2.96. The molecule has 0 aromatic heterocycles. The monoisotopic (exact) mass is 271 g/mol. The molecule has 6 heteroatoms. The summed E-state index contributed by atoms with van der Waals surface area (Å²) in [7, 11) is -3.44. The number of aliphatic carboxylic acids is 1. The van der Waals surface area contributed by atoms with Crippen LogP contribution in [-0.2, 0) is 14.8 Å². The van der Waals surface area contributed by atoms with Gasteiger partial charge in [-0.3, -0.25) is 4.79 Å². The predicted octanol–water partition coefficient (Wildman–Crippen LogP) is 1.18. The van der Waals surface area contributed by atoms with Crippen LogP contribution in [0.4, 0.5) is 0 Å². The van der Waals surface area contributed by atoms with Crippen LogP contribution < -0.4 is 4.72 Å². The lowest BCUT2D eigenvalue weighted by Crippen LogP contribution is -2.30. The van der Waals surface area contributed by atoms with Crippen molar-refractivity contribution in [2.45, 2.75) is 19.3 Å². The van der Waals surface area contributed by atoms with E-state index < -0.39 is 16.0 Å². The van der Waals surface area contributed by atoms with Gasteiger partial charge in [0.25, 0.3) is 0 Å². The van der Waals surface area contributed by atoms with Crippen LogP contribution in [0.3, 0.4) is 0 Å². The van der Waals surface area contributed by atoms with Crippen molar-refractivity contribution in [1.29, 1.82) is 0 Å². The molecule has 0 aliphatic heterocycles. The number of hydrogen-bond acceptors (Lipinski definition) is 3. The Morgan fingerprint density at radius 2 is 1.94 bits per heavy atom. The molecule has 5 nitrogen and oxygen atoms in total. The van der Waals surface area contributed by atoms with E-state index in [1.165, 1.54) is 0 Å². The Morgan fingerprint density at radius 1 is 1.33 bits per heavy atom. The maximum atomic E-state index is 11.7. The quantitative estimate of drug-likeness (QED) is 0.780. The van der Waals surface area contributed by atoms with Gasteiger partial charge in [0.15, 0.2) is 0 Å². The second-order valence-corrected chi connectivity index (χ2v) is 5.98. The summed E-state index contributed by atoms with van der Waals surface area (Å²) in [6.07, 6.45) is -0.209. The zero-order valence-corrected chi connectivity index (χ0v) is 11.0. The lowest BCUT2D eigenvalue weighted by molar-refractivity contribution is -0.136. The van der Waals surface area contributed by atoms with Gasteiger partial charge in [-0.15, -0.1) is 0 Å². The molecule has 0 saturated heterocycles. The van der Waals surface area contributed by atoms with E-state index in [2.05, 4.69) is 4.72 Å². The standard InChI is InChI=1S/C12H17NO4S/c1-10(11-5-3-2-4-6-11)9-18(16,17)13-8-7-12(14)15/h2-6,10,13H,7-9H2,1H3,(H,14,15). The van der Waals surface area contributed by atoms with Crippen molar-refractivity contribution in [1.82, 2.24) is 4.72 Å². The average molecular weight is 271 g/mol. The van der Waals surface area contributed by atoms with E-state index in [0.29, 0.717) is 0 Å². The number of benzene rings is 1. The van der Waals surface area contributed by atoms with Crippen LogP contribution in [0, 0.1) is 0 Å². The average Bonchev–Trinajstić information content (AvgIpc) is 2.28. The highest BCUT2D eigenvalue weighted by atomic mass is 32.2. The van der Waals surface area contributed by atoms with E-state index >= 15 is 0 Å². The van der Waals surface area contributed by atoms with Gasteiger partial charge in [-0.05, 0) is 11.5 Å². The zero-order chi connectivity index (χ0) is 13.6. The first-order chi connectivity index (χ1) is 8.41. The highest BCUT2D eigenvalue weighted by Gasteiger charge is 2.16. The molecule has 1 rings (SSSR count). The van der Waals surface area contributed by atoms with Crippen LogP contribution in [-0.4, -0.2) is 31.8 Å². The van der Waals surface area contributed by atoms with Crippen LogP contribution in [0.1, 0.15) is 24.8 Å². The second-order valence-electron chi connectivity index (χ2n) is 4.13. The lowest BCUT2D eigenvalue weighted by Gasteiger charge is -2.12. The Kier molecular flexibility index (Phi) is 5.30. The van der Waals surface area contributed by atoms with Crippen molar-refractivity contribution in [2.24, 2.45) is 0 Å². The second kappa shape index (κ2) is 6.51. The highest BCUT2D eigenvalue weighted by molar-refractivity contribution is 7.89. The van der Waals surface area contributed by atoms with Gasteiger partial charge in [0, 0.05) is 6.54 Å². The lowest BCUT2D eigenvalue weighted by atomic mass is 10.0. The van der Waals surface area contributed by atoms with Crippen LogP contribution >= 0.6 is 0 Å². The first-order valence-electron chi connectivity index (χ1n) is 5.65. The molecule has 1 atom stereocenters. The van der Waals surface area contributed by atoms with E-state index in [1.54, 1.807) is 0 Å². The highest BCUT2D eigenvalue weighted by Crippen LogP contribution is 2.16. The Hall–Kier alpha value is -1.40. The molecule has 0 amide bonds. The minimum Gasteiger partial charge on any atom is -0.481 e. The predicted molar refractivity (Wildman–Crippen MR) is 68.9 cm³/mol. The van der Waals surface area contributed by atoms with Crippen molar-refractivity contribution in [2.75, 3.05) is 12.3 Å². The van der Waals surface area contributed by atoms with Crippen LogP contribution in [0.2, 0.25) is 0 Å². The van der Waals surface area contributed by atoms with Gasteiger partial charge in [0.1, 0.15) is 0 Å². The number of sulfonamides is 1. The van der Waals surface area contributed by atoms with Crippen LogP contribution in [0.25, 0.3) is 0 Å². The number of carboxylic acid groups (broad SMARTS) is 1. The minimum atomic E-state index is -3.44. The molecule has 0 bridgehead atoms. The van der Waals surface area contributed by atoms with Gasteiger partial charge in [-0.2, -0.15) is 0 Å². The summed E-state index contributed by atoms with van der Waals surface area (Å²) in [5.41, 5.74) is 0.945. The smallest absolute Gasteiger partial charge is 0.304 e. The molecule has 0 spiro atoms. The summed E-state index contributed by atoms with van der Waals surface area (Å²) in [6.45, 7) is 1.75. The third kappa shape index (κ3) is 5.29. The summed E-state index contributed by atoms with van der Waals surface area (Å²) in [5, 5.41) is 8.44. The van der Waals surface area contributed by atoms with Crippen molar-refractivity contribution >= 4 is 16.0 Å². The maximum Gasteiger partial charge on any atom is 0.304 e. The van der Waals surface area contributed by atoms with Gasteiger partial charge in [-0.1, -0.05) is 37.3 Å². The summed E-state index contributed by atoms with van der Waals surface area (Å²) >= 11 is 0. The minimum absolute atomic E-state index is 0.0450. The molecule has 0 heterocycles. The third-order valence-corrected chi connectivity index (χ3v) is 4.08. The Bertz CT molecular complexity index is 484. The van der Waals surface area contributed by atoms with Crippen molar-refractivity contribution in [3.05, 3.63) is 35.9 Å². The number of carbonyl (C=O) groups is 1. The number of rotatable bonds is 7. The van der Waals surface area contributed by atoms with Crippen LogP contribution in [0.5, 0.6) is 0 Å². The van der Waals surface area contributed by atoms with Crippen molar-refractivity contribution in [3.63, 3.8) is 0 Å². The fourth-order valence-electron chi connectivity index (χ4n) is 1.58. The summed E-state index contributed by atoms with van der Waals surface area (Å²) in [4.78, 5) is 10.3. The molecule has 1 unspecified atom stereocenters. The summed E-state index contributed by atoms with van der Waals surface area (Å²) < 4.78 is 25.7. The van der Waals surface area contributed by atoms with Crippen molar-refractivity contribution in [3.8, 4) is 0 Å². The molecular weight excluding hydrogens is 254 g/mol. The summed E-state index contributed by atoms with van der Waals surface area (Å²) in [6, 6.07) is 9.33. The number of hydrogen-bond donors (Lipinski definition) is 2. The molecule has 100 valence electrons. The molecule has 1 aromatic carbocycles. The Morgan fingerprint density at radius 3 is 2.50 bits per heavy atom. The number of nitrogens with one attached hydrogen (secondary N) is 1. The Labute approximate surface area is 107 Å². The molecule has 0 aliphatic rings. The molecule has 0 fully saturated rings. The van der Waals surface area contributed by atoms with E-state index in [9.17, 15) is 13.2 Å². The molecular formula is C12H17NO4S. The third-order valence-electron chi connectivity index (χ3n) is 2.50. The molecule has 0 radical (unpaired) electrons. The molecule has 18 heavy (non-hydrogen) atoms. The van der Waals surface area contributed by atoms with E-state index in [0.717, 1.165) is 5.56 Å². The van der Waals surface area contributed by atoms with Gasteiger partial charge in [0.2, 0.25) is 10.0 Å². The largest absolute Gasteiger partial charge is 0.481 e. The van der Waals surface area contributed by atoms with Gasteiger partial charge in [0.05, 0.1) is 12.2 Å². The fraction of sp³-hybridized carbons (Fsp3) is 0.417. The van der Waals surface area contributed by atoms with E-state index in [-0.39, 0.29) is 24.6 Å². The first-order valence-corrected chi connectivity index (χ1v) is 7.30. The molecule has 2 N–H and O–H groups in total. The zero-order valence-electron chi connectivity index (χ0n) is 10.2. The molecule has 1 aromatic rings. The summed E-state index contributed by atoms with van der Waals surface area (Å²) in [5.74, 6) is -1.20.